The predicted octanol–water partition coefficient (Wildman–Crippen LogP) is 2.15. The first-order valence-corrected chi connectivity index (χ1v) is 6.34. The fraction of sp³-hybridized carbons (Fsp3) is 0.500. The standard InChI is InChI=1S/C10H13N3O2S/c14-13(15)10-9(2-1-4-11-10)12-6-8-3-5-16-7-8/h1-2,4,8,12H,3,5-7H2. The zero-order valence-electron chi connectivity index (χ0n) is 8.76. The van der Waals surface area contributed by atoms with Gasteiger partial charge in [0.15, 0.2) is 0 Å². The first kappa shape index (κ1) is 11.2. The summed E-state index contributed by atoms with van der Waals surface area (Å²) in [4.78, 5) is 14.0. The lowest BCUT2D eigenvalue weighted by Gasteiger charge is -2.10. The van der Waals surface area contributed by atoms with Gasteiger partial charge in [-0.25, -0.2) is 0 Å². The third-order valence-corrected chi connectivity index (χ3v) is 3.80. The van der Waals surface area contributed by atoms with Crippen molar-refractivity contribution >= 4 is 23.3 Å². The first-order valence-electron chi connectivity index (χ1n) is 5.18. The van der Waals surface area contributed by atoms with Gasteiger partial charge in [-0.3, -0.25) is 0 Å². The number of hydrogen-bond donors (Lipinski definition) is 1. The lowest BCUT2D eigenvalue weighted by atomic mass is 10.1. The van der Waals surface area contributed by atoms with Crippen LogP contribution in [0.5, 0.6) is 0 Å². The fourth-order valence-corrected chi connectivity index (χ4v) is 2.96. The van der Waals surface area contributed by atoms with Crippen molar-refractivity contribution in [3.63, 3.8) is 0 Å². The quantitative estimate of drug-likeness (QED) is 0.644. The zero-order valence-corrected chi connectivity index (χ0v) is 9.57. The summed E-state index contributed by atoms with van der Waals surface area (Å²) in [7, 11) is 0. The number of nitrogens with zero attached hydrogens (tertiary/aromatic N) is 2. The third-order valence-electron chi connectivity index (χ3n) is 2.56. The molecule has 1 saturated heterocycles. The van der Waals surface area contributed by atoms with Gasteiger partial charge in [-0.1, -0.05) is 0 Å². The topological polar surface area (TPSA) is 68.1 Å². The van der Waals surface area contributed by atoms with Crippen LogP contribution in [0.25, 0.3) is 0 Å². The number of pyridine rings is 1. The van der Waals surface area contributed by atoms with E-state index in [-0.39, 0.29) is 5.82 Å². The highest BCUT2D eigenvalue weighted by Crippen LogP contribution is 2.25. The highest BCUT2D eigenvalue weighted by atomic mass is 32.2. The molecule has 1 aromatic rings. The molecule has 1 aliphatic heterocycles. The van der Waals surface area contributed by atoms with Crippen molar-refractivity contribution < 1.29 is 4.92 Å². The lowest BCUT2D eigenvalue weighted by Crippen LogP contribution is -2.14. The van der Waals surface area contributed by atoms with Gasteiger partial charge in [-0.05, 0) is 45.9 Å². The van der Waals surface area contributed by atoms with Gasteiger partial charge in [0, 0.05) is 6.54 Å². The second kappa shape index (κ2) is 5.16. The van der Waals surface area contributed by atoms with Crippen molar-refractivity contribution in [2.24, 2.45) is 5.92 Å². The van der Waals surface area contributed by atoms with Crippen molar-refractivity contribution in [3.05, 3.63) is 28.4 Å². The Kier molecular flexibility index (Phi) is 3.61. The molecule has 0 spiro atoms. The van der Waals surface area contributed by atoms with Gasteiger partial charge in [-0.15, -0.1) is 0 Å². The van der Waals surface area contributed by atoms with Crippen LogP contribution in [-0.4, -0.2) is 28.0 Å². The smallest absolute Gasteiger partial charge is 0.378 e. The van der Waals surface area contributed by atoms with Crippen LogP contribution in [0.2, 0.25) is 0 Å². The lowest BCUT2D eigenvalue weighted by molar-refractivity contribution is -0.388. The molecule has 0 radical (unpaired) electrons. The summed E-state index contributed by atoms with van der Waals surface area (Å²) in [6.07, 6.45) is 2.63. The van der Waals surface area contributed by atoms with Crippen LogP contribution in [0.15, 0.2) is 18.3 Å². The Morgan fingerprint density at radius 2 is 2.56 bits per heavy atom. The minimum atomic E-state index is -0.453. The SMILES string of the molecule is O=[N+]([O-])c1ncccc1NCC1CCSC1. The molecule has 5 nitrogen and oxygen atoms in total. The molecule has 6 heteroatoms. The second-order valence-electron chi connectivity index (χ2n) is 3.74. The van der Waals surface area contributed by atoms with Crippen molar-refractivity contribution in [2.45, 2.75) is 6.42 Å². The molecule has 1 unspecified atom stereocenters. The molecule has 2 rings (SSSR count). The normalized spacial score (nSPS) is 19.6. The molecule has 1 atom stereocenters. The summed E-state index contributed by atoms with van der Waals surface area (Å²) >= 11 is 1.94. The summed E-state index contributed by atoms with van der Waals surface area (Å²) in [6.45, 7) is 0.791. The first-order chi connectivity index (χ1) is 7.77. The summed E-state index contributed by atoms with van der Waals surface area (Å²) in [5.74, 6) is 2.86. The van der Waals surface area contributed by atoms with Crippen molar-refractivity contribution in [1.82, 2.24) is 4.98 Å². The minimum absolute atomic E-state index is 0.0897. The molecule has 1 fully saturated rings. The molecule has 86 valence electrons. The van der Waals surface area contributed by atoms with E-state index in [1.807, 2.05) is 11.8 Å². The van der Waals surface area contributed by atoms with E-state index in [2.05, 4.69) is 10.3 Å². The maximum Gasteiger partial charge on any atom is 0.386 e. The average Bonchev–Trinajstić information content (AvgIpc) is 2.79. The summed E-state index contributed by atoms with van der Waals surface area (Å²) in [6, 6.07) is 3.41. The minimum Gasteiger partial charge on any atom is -0.378 e. The van der Waals surface area contributed by atoms with Crippen LogP contribution in [0, 0.1) is 16.0 Å². The van der Waals surface area contributed by atoms with Crippen LogP contribution in [0.1, 0.15) is 6.42 Å². The van der Waals surface area contributed by atoms with Gasteiger partial charge >= 0.3 is 5.82 Å². The number of thioether (sulfide) groups is 1. The molecule has 0 aliphatic carbocycles. The highest BCUT2D eigenvalue weighted by molar-refractivity contribution is 7.99. The largest absolute Gasteiger partial charge is 0.386 e. The Hall–Kier alpha value is -1.30. The zero-order chi connectivity index (χ0) is 11.4. The van der Waals surface area contributed by atoms with Gasteiger partial charge in [0.05, 0.1) is 0 Å². The predicted molar refractivity (Wildman–Crippen MR) is 64.8 cm³/mol. The van der Waals surface area contributed by atoms with E-state index >= 15 is 0 Å². The highest BCUT2D eigenvalue weighted by Gasteiger charge is 2.18. The molecule has 0 bridgehead atoms. The molecule has 1 N–H and O–H groups in total. The Balaban J connectivity index is 2.00. The molecule has 0 amide bonds. The van der Waals surface area contributed by atoms with E-state index in [9.17, 15) is 10.1 Å². The number of rotatable bonds is 4. The van der Waals surface area contributed by atoms with Crippen LogP contribution in [0.3, 0.4) is 0 Å². The van der Waals surface area contributed by atoms with Crippen LogP contribution < -0.4 is 5.32 Å². The van der Waals surface area contributed by atoms with Gasteiger partial charge in [0.2, 0.25) is 0 Å². The Morgan fingerprint density at radius 1 is 1.69 bits per heavy atom. The second-order valence-corrected chi connectivity index (χ2v) is 4.89. The molecule has 0 saturated carbocycles. The molecule has 1 aromatic heterocycles. The summed E-state index contributed by atoms with van der Waals surface area (Å²) in [5, 5.41) is 13.8. The number of aromatic nitrogens is 1. The number of nitro groups is 1. The Labute approximate surface area is 97.8 Å². The average molecular weight is 239 g/mol. The van der Waals surface area contributed by atoms with Crippen LogP contribution in [0.4, 0.5) is 11.5 Å². The van der Waals surface area contributed by atoms with E-state index in [1.54, 1.807) is 12.1 Å². The molecular formula is C10H13N3O2S. The number of hydrogen-bond acceptors (Lipinski definition) is 5. The third kappa shape index (κ3) is 2.63. The van der Waals surface area contributed by atoms with Crippen molar-refractivity contribution in [3.8, 4) is 0 Å². The molecular weight excluding hydrogens is 226 g/mol. The monoisotopic (exact) mass is 239 g/mol. The van der Waals surface area contributed by atoms with E-state index in [0.717, 1.165) is 12.3 Å². The van der Waals surface area contributed by atoms with Crippen LogP contribution in [-0.2, 0) is 0 Å². The summed E-state index contributed by atoms with van der Waals surface area (Å²) in [5.41, 5.74) is 0.518. The Morgan fingerprint density at radius 3 is 3.25 bits per heavy atom. The van der Waals surface area contributed by atoms with Gasteiger partial charge in [0.25, 0.3) is 0 Å². The molecule has 0 aromatic carbocycles. The van der Waals surface area contributed by atoms with E-state index < -0.39 is 4.92 Å². The fourth-order valence-electron chi connectivity index (χ4n) is 1.68. The van der Waals surface area contributed by atoms with Crippen molar-refractivity contribution in [2.75, 3.05) is 23.4 Å². The molecule has 16 heavy (non-hydrogen) atoms. The van der Waals surface area contributed by atoms with E-state index in [0.29, 0.717) is 11.6 Å². The Bertz CT molecular complexity index is 380. The van der Waals surface area contributed by atoms with E-state index in [1.165, 1.54) is 18.4 Å². The maximum absolute atomic E-state index is 10.7. The number of nitrogens with one attached hydrogen (secondary N) is 1. The molecule has 2 heterocycles. The molecule has 1 aliphatic rings. The number of anilines is 1. The van der Waals surface area contributed by atoms with Gasteiger partial charge in [-0.2, -0.15) is 11.8 Å². The van der Waals surface area contributed by atoms with Crippen LogP contribution >= 0.6 is 11.8 Å². The van der Waals surface area contributed by atoms with Gasteiger partial charge < -0.3 is 15.4 Å². The maximum atomic E-state index is 10.7. The summed E-state index contributed by atoms with van der Waals surface area (Å²) < 4.78 is 0. The van der Waals surface area contributed by atoms with E-state index in [4.69, 9.17) is 0 Å². The van der Waals surface area contributed by atoms with Gasteiger partial charge in [0.1, 0.15) is 11.9 Å². The van der Waals surface area contributed by atoms with Crippen molar-refractivity contribution in [1.29, 1.82) is 0 Å².